The molecule has 4 aromatic heterocycles. The van der Waals surface area contributed by atoms with Crippen LogP contribution in [0.4, 0.5) is 5.95 Å². The Balaban J connectivity index is 1.57. The van der Waals surface area contributed by atoms with Gasteiger partial charge in [-0.3, -0.25) is 14.8 Å². The molecule has 28 heavy (non-hydrogen) atoms. The van der Waals surface area contributed by atoms with Crippen molar-refractivity contribution in [3.8, 4) is 0 Å². The van der Waals surface area contributed by atoms with Gasteiger partial charge in [0.25, 0.3) is 5.91 Å². The molecule has 4 heterocycles. The van der Waals surface area contributed by atoms with Crippen molar-refractivity contribution in [3.63, 3.8) is 0 Å². The summed E-state index contributed by atoms with van der Waals surface area (Å²) in [5.41, 5.74) is 2.90. The summed E-state index contributed by atoms with van der Waals surface area (Å²) in [6.07, 6.45) is 5.22. The van der Waals surface area contributed by atoms with Crippen LogP contribution in [0.25, 0.3) is 10.2 Å². The van der Waals surface area contributed by atoms with Gasteiger partial charge in [0.05, 0.1) is 28.5 Å². The first-order chi connectivity index (χ1) is 13.7. The van der Waals surface area contributed by atoms with Crippen LogP contribution in [0.3, 0.4) is 0 Å². The fraction of sp³-hybridized carbons (Fsp3) is 0.150. The Morgan fingerprint density at radius 2 is 2.07 bits per heavy atom. The van der Waals surface area contributed by atoms with Crippen molar-refractivity contribution in [2.45, 2.75) is 19.5 Å². The van der Waals surface area contributed by atoms with Crippen LogP contribution in [-0.4, -0.2) is 25.8 Å². The van der Waals surface area contributed by atoms with Gasteiger partial charge >= 0.3 is 0 Å². The Hall–Kier alpha value is -3.39. The molecule has 1 atom stereocenters. The second-order valence-electron chi connectivity index (χ2n) is 6.19. The Labute approximate surface area is 165 Å². The van der Waals surface area contributed by atoms with Crippen LogP contribution in [0.1, 0.15) is 34.7 Å². The molecule has 0 aliphatic carbocycles. The van der Waals surface area contributed by atoms with E-state index < -0.39 is 0 Å². The standard InChI is InChI=1S/C20H18N6OS/c1-13(14-5-4-8-21-11-14)24-20-25-16-7-10-28-18(16)17(26-20)19(27)23-12-15-6-2-3-9-22-15/h2-11,13H,12H2,1H3,(H,23,27)(H,24,25,26)/t13-/m0/s1. The topological polar surface area (TPSA) is 92.7 Å². The molecule has 0 aliphatic rings. The molecular weight excluding hydrogens is 372 g/mol. The highest BCUT2D eigenvalue weighted by atomic mass is 32.1. The van der Waals surface area contributed by atoms with Gasteiger partial charge in [-0.15, -0.1) is 11.3 Å². The zero-order valence-electron chi connectivity index (χ0n) is 15.2. The van der Waals surface area contributed by atoms with Crippen molar-refractivity contribution >= 4 is 33.4 Å². The predicted molar refractivity (Wildman–Crippen MR) is 109 cm³/mol. The van der Waals surface area contributed by atoms with Gasteiger partial charge in [-0.25, -0.2) is 9.97 Å². The molecule has 0 aliphatic heterocycles. The van der Waals surface area contributed by atoms with Gasteiger partial charge in [0.2, 0.25) is 5.95 Å². The zero-order chi connectivity index (χ0) is 19.3. The lowest BCUT2D eigenvalue weighted by Crippen LogP contribution is -2.25. The monoisotopic (exact) mass is 390 g/mol. The fourth-order valence-electron chi connectivity index (χ4n) is 2.75. The van der Waals surface area contributed by atoms with E-state index in [0.717, 1.165) is 21.5 Å². The van der Waals surface area contributed by atoms with Crippen molar-refractivity contribution in [2.24, 2.45) is 0 Å². The summed E-state index contributed by atoms with van der Waals surface area (Å²) in [5.74, 6) is 0.155. The first-order valence-corrected chi connectivity index (χ1v) is 9.68. The summed E-state index contributed by atoms with van der Waals surface area (Å²) < 4.78 is 0.762. The third kappa shape index (κ3) is 3.96. The maximum atomic E-state index is 12.8. The Morgan fingerprint density at radius 3 is 2.86 bits per heavy atom. The average molecular weight is 390 g/mol. The van der Waals surface area contributed by atoms with Gasteiger partial charge in [0.1, 0.15) is 0 Å². The second kappa shape index (κ2) is 8.10. The Kier molecular flexibility index (Phi) is 5.20. The number of nitrogens with zero attached hydrogens (tertiary/aromatic N) is 4. The van der Waals surface area contributed by atoms with E-state index in [4.69, 9.17) is 0 Å². The lowest BCUT2D eigenvalue weighted by atomic mass is 10.1. The van der Waals surface area contributed by atoms with Crippen LogP contribution in [0.5, 0.6) is 0 Å². The summed E-state index contributed by atoms with van der Waals surface area (Å²) >= 11 is 1.45. The highest BCUT2D eigenvalue weighted by Crippen LogP contribution is 2.25. The number of thiophene rings is 1. The first kappa shape index (κ1) is 18.0. The van der Waals surface area contributed by atoms with Crippen molar-refractivity contribution in [3.05, 3.63) is 77.3 Å². The summed E-state index contributed by atoms with van der Waals surface area (Å²) in [6, 6.07) is 11.3. The van der Waals surface area contributed by atoms with Crippen molar-refractivity contribution in [2.75, 3.05) is 5.32 Å². The maximum Gasteiger partial charge on any atom is 0.271 e. The molecule has 0 fully saturated rings. The number of amides is 1. The van der Waals surface area contributed by atoms with Gasteiger partial charge in [-0.2, -0.15) is 0 Å². The van der Waals surface area contributed by atoms with E-state index in [0.29, 0.717) is 18.2 Å². The normalized spacial score (nSPS) is 11.9. The lowest BCUT2D eigenvalue weighted by Gasteiger charge is -2.14. The molecule has 7 nitrogen and oxygen atoms in total. The van der Waals surface area contributed by atoms with Gasteiger partial charge in [-0.1, -0.05) is 12.1 Å². The van der Waals surface area contributed by atoms with Crippen LogP contribution in [0.2, 0.25) is 0 Å². The number of aromatic nitrogens is 4. The van der Waals surface area contributed by atoms with Crippen LogP contribution in [0.15, 0.2) is 60.4 Å². The SMILES string of the molecule is C[C@H](Nc1nc(C(=O)NCc2ccccn2)c2sccc2n1)c1cccnc1. The van der Waals surface area contributed by atoms with E-state index in [1.807, 2.05) is 48.7 Å². The van der Waals surface area contributed by atoms with Crippen LogP contribution in [0, 0.1) is 0 Å². The molecule has 0 aromatic carbocycles. The molecule has 4 rings (SSSR count). The van der Waals surface area contributed by atoms with Gasteiger partial charge in [-0.05, 0) is 42.1 Å². The molecule has 0 radical (unpaired) electrons. The van der Waals surface area contributed by atoms with Crippen molar-refractivity contribution in [1.29, 1.82) is 0 Å². The quantitative estimate of drug-likeness (QED) is 0.523. The number of hydrogen-bond acceptors (Lipinski definition) is 7. The molecule has 2 N–H and O–H groups in total. The van der Waals surface area contributed by atoms with E-state index in [-0.39, 0.29) is 11.9 Å². The van der Waals surface area contributed by atoms with Gasteiger partial charge in [0.15, 0.2) is 5.69 Å². The van der Waals surface area contributed by atoms with E-state index in [1.165, 1.54) is 11.3 Å². The molecule has 1 amide bonds. The minimum absolute atomic E-state index is 0.0470. The highest BCUT2D eigenvalue weighted by molar-refractivity contribution is 7.17. The smallest absolute Gasteiger partial charge is 0.271 e. The number of hydrogen-bond donors (Lipinski definition) is 2. The molecule has 0 bridgehead atoms. The largest absolute Gasteiger partial charge is 0.348 e. The van der Waals surface area contributed by atoms with Crippen LogP contribution < -0.4 is 10.6 Å². The summed E-state index contributed by atoms with van der Waals surface area (Å²) in [5, 5.41) is 8.05. The number of nitrogens with one attached hydrogen (secondary N) is 2. The number of anilines is 1. The molecule has 0 unspecified atom stereocenters. The number of carbonyl (C=O) groups excluding carboxylic acids is 1. The third-order valence-electron chi connectivity index (χ3n) is 4.20. The lowest BCUT2D eigenvalue weighted by molar-refractivity contribution is 0.0947. The highest BCUT2D eigenvalue weighted by Gasteiger charge is 2.17. The Morgan fingerprint density at radius 1 is 1.14 bits per heavy atom. The molecule has 0 saturated carbocycles. The summed E-state index contributed by atoms with van der Waals surface area (Å²) in [7, 11) is 0. The summed E-state index contributed by atoms with van der Waals surface area (Å²) in [6.45, 7) is 2.34. The molecule has 4 aromatic rings. The van der Waals surface area contributed by atoms with Gasteiger partial charge < -0.3 is 10.6 Å². The summed E-state index contributed by atoms with van der Waals surface area (Å²) in [4.78, 5) is 30.2. The maximum absolute atomic E-state index is 12.8. The first-order valence-electron chi connectivity index (χ1n) is 8.80. The zero-order valence-corrected chi connectivity index (χ0v) is 16.0. The molecule has 8 heteroatoms. The third-order valence-corrected chi connectivity index (χ3v) is 5.12. The van der Waals surface area contributed by atoms with E-state index >= 15 is 0 Å². The molecule has 0 saturated heterocycles. The number of pyridine rings is 2. The number of carbonyl (C=O) groups is 1. The van der Waals surface area contributed by atoms with E-state index in [2.05, 4.69) is 30.6 Å². The predicted octanol–water partition coefficient (Wildman–Crippen LogP) is 3.58. The minimum Gasteiger partial charge on any atom is -0.348 e. The Bertz CT molecular complexity index is 1080. The second-order valence-corrected chi connectivity index (χ2v) is 7.10. The van der Waals surface area contributed by atoms with Crippen LogP contribution in [-0.2, 0) is 6.54 Å². The van der Waals surface area contributed by atoms with E-state index in [1.54, 1.807) is 18.6 Å². The van der Waals surface area contributed by atoms with E-state index in [9.17, 15) is 4.79 Å². The fourth-order valence-corrected chi connectivity index (χ4v) is 3.57. The van der Waals surface area contributed by atoms with Crippen molar-refractivity contribution < 1.29 is 4.79 Å². The molecular formula is C20H18N6OS. The number of rotatable bonds is 6. The van der Waals surface area contributed by atoms with Gasteiger partial charge in [0, 0.05) is 18.6 Å². The molecule has 140 valence electrons. The van der Waals surface area contributed by atoms with Crippen molar-refractivity contribution in [1.82, 2.24) is 25.3 Å². The van der Waals surface area contributed by atoms with Crippen LogP contribution >= 0.6 is 11.3 Å². The molecule has 0 spiro atoms. The average Bonchev–Trinajstić information content (AvgIpc) is 3.21. The number of fused-ring (bicyclic) bond motifs is 1. The minimum atomic E-state index is -0.252.